The lowest BCUT2D eigenvalue weighted by molar-refractivity contribution is -0.137. The van der Waals surface area contributed by atoms with Gasteiger partial charge in [0.2, 0.25) is 0 Å². The number of nitrogens with one attached hydrogen (secondary N) is 2. The molecule has 0 spiro atoms. The molecule has 0 radical (unpaired) electrons. The fraction of sp³-hybridized carbons (Fsp3) is 0.294. The summed E-state index contributed by atoms with van der Waals surface area (Å²) in [6.07, 6.45) is 4.30. The summed E-state index contributed by atoms with van der Waals surface area (Å²) in [6.45, 7) is 1.96. The fourth-order valence-electron chi connectivity index (χ4n) is 2.61. The Balaban J connectivity index is 1.74. The monoisotopic (exact) mass is 400 g/mol. The van der Waals surface area contributed by atoms with Crippen LogP contribution in [0.1, 0.15) is 33.1 Å². The number of anilines is 2. The predicted molar refractivity (Wildman–Crippen MR) is 102 cm³/mol. The number of amides is 2. The average molecular weight is 400 g/mol. The van der Waals surface area contributed by atoms with E-state index in [-0.39, 0.29) is 30.0 Å². The van der Waals surface area contributed by atoms with Crippen molar-refractivity contribution in [1.82, 2.24) is 29.3 Å². The van der Waals surface area contributed by atoms with Gasteiger partial charge in [0.15, 0.2) is 5.69 Å². The van der Waals surface area contributed by atoms with Crippen LogP contribution in [0.25, 0.3) is 0 Å². The Kier molecular flexibility index (Phi) is 5.43. The number of aromatic nitrogens is 6. The Hall–Kier alpha value is -3.96. The van der Waals surface area contributed by atoms with Crippen LogP contribution in [0.3, 0.4) is 0 Å². The second kappa shape index (κ2) is 7.96. The minimum atomic E-state index is -0.957. The number of hydrogen-bond acceptors (Lipinski definition) is 6. The van der Waals surface area contributed by atoms with Crippen LogP contribution in [0.2, 0.25) is 0 Å². The average Bonchev–Trinajstić information content (AvgIpc) is 3.36. The summed E-state index contributed by atoms with van der Waals surface area (Å²) in [5.74, 6) is -1.96. The van der Waals surface area contributed by atoms with Gasteiger partial charge in [-0.15, -0.1) is 0 Å². The number of aryl methyl sites for hydroxylation is 3. The van der Waals surface area contributed by atoms with Gasteiger partial charge in [-0.25, -0.2) is 0 Å². The molecule has 0 fully saturated rings. The van der Waals surface area contributed by atoms with E-state index in [1.54, 1.807) is 18.8 Å². The van der Waals surface area contributed by atoms with E-state index in [2.05, 4.69) is 25.9 Å². The molecule has 3 aromatic rings. The Labute approximate surface area is 165 Å². The second-order valence-electron chi connectivity index (χ2n) is 6.31. The van der Waals surface area contributed by atoms with Crippen molar-refractivity contribution in [3.05, 3.63) is 41.7 Å². The Morgan fingerprint density at radius 1 is 1.03 bits per heavy atom. The van der Waals surface area contributed by atoms with Crippen molar-refractivity contribution in [2.75, 3.05) is 10.6 Å². The Morgan fingerprint density at radius 2 is 1.69 bits per heavy atom. The minimum Gasteiger partial charge on any atom is -0.481 e. The zero-order valence-electron chi connectivity index (χ0n) is 16.1. The van der Waals surface area contributed by atoms with E-state index in [4.69, 9.17) is 5.11 Å². The van der Waals surface area contributed by atoms with Gasteiger partial charge < -0.3 is 15.7 Å². The SMILES string of the molecule is Cc1c(NC(=O)c2c(NC(=O)c3ccn(CCC(=O)O)n3)cnn2C)cnn1C. The maximum absolute atomic E-state index is 12.7. The van der Waals surface area contributed by atoms with Crippen molar-refractivity contribution in [3.8, 4) is 0 Å². The van der Waals surface area contributed by atoms with Crippen molar-refractivity contribution < 1.29 is 19.5 Å². The fourth-order valence-corrected chi connectivity index (χ4v) is 2.61. The van der Waals surface area contributed by atoms with Gasteiger partial charge >= 0.3 is 5.97 Å². The summed E-state index contributed by atoms with van der Waals surface area (Å²) in [5, 5.41) is 26.2. The molecule has 0 bridgehead atoms. The third-order valence-electron chi connectivity index (χ3n) is 4.31. The van der Waals surface area contributed by atoms with E-state index >= 15 is 0 Å². The molecule has 152 valence electrons. The number of carbonyl (C=O) groups excluding carboxylic acids is 2. The summed E-state index contributed by atoms with van der Waals surface area (Å²) in [5.41, 5.74) is 1.79. The molecule has 0 saturated heterocycles. The molecule has 0 aliphatic heterocycles. The molecule has 0 atom stereocenters. The van der Waals surface area contributed by atoms with Crippen LogP contribution in [0, 0.1) is 6.92 Å². The first-order chi connectivity index (χ1) is 13.8. The van der Waals surface area contributed by atoms with Gasteiger partial charge in [-0.3, -0.25) is 28.4 Å². The number of carbonyl (C=O) groups is 3. The summed E-state index contributed by atoms with van der Waals surface area (Å²) in [4.78, 5) is 35.8. The molecule has 3 heterocycles. The van der Waals surface area contributed by atoms with Gasteiger partial charge in [0.05, 0.1) is 42.4 Å². The lowest BCUT2D eigenvalue weighted by Gasteiger charge is -2.08. The zero-order valence-corrected chi connectivity index (χ0v) is 16.1. The first-order valence-electron chi connectivity index (χ1n) is 8.64. The standard InChI is InChI=1S/C17H20N8O4/c1-10-12(8-18-23(10)2)20-17(29)15-13(9-19-24(15)3)21-16(28)11-4-6-25(22-11)7-5-14(26)27/h4,6,8-9H,5,7H2,1-3H3,(H,20,29)(H,21,28)(H,26,27). The number of hydrogen-bond donors (Lipinski definition) is 3. The van der Waals surface area contributed by atoms with Crippen molar-refractivity contribution in [1.29, 1.82) is 0 Å². The van der Waals surface area contributed by atoms with Crippen molar-refractivity contribution in [2.45, 2.75) is 19.9 Å². The minimum absolute atomic E-state index is 0.0914. The van der Waals surface area contributed by atoms with E-state index in [1.165, 1.54) is 34.0 Å². The van der Waals surface area contributed by atoms with Gasteiger partial charge in [0, 0.05) is 20.3 Å². The molecule has 12 nitrogen and oxygen atoms in total. The van der Waals surface area contributed by atoms with Gasteiger partial charge in [-0.05, 0) is 13.0 Å². The summed E-state index contributed by atoms with van der Waals surface area (Å²) in [7, 11) is 3.34. The highest BCUT2D eigenvalue weighted by Crippen LogP contribution is 2.19. The van der Waals surface area contributed by atoms with Crippen LogP contribution < -0.4 is 10.6 Å². The molecule has 2 amide bonds. The van der Waals surface area contributed by atoms with Crippen LogP contribution in [0.5, 0.6) is 0 Å². The maximum atomic E-state index is 12.7. The first-order valence-corrected chi connectivity index (χ1v) is 8.64. The van der Waals surface area contributed by atoms with Crippen LogP contribution in [-0.4, -0.2) is 52.2 Å². The van der Waals surface area contributed by atoms with Gasteiger partial charge in [0.1, 0.15) is 5.69 Å². The summed E-state index contributed by atoms with van der Waals surface area (Å²) in [6, 6.07) is 1.46. The van der Waals surface area contributed by atoms with Gasteiger partial charge in [-0.2, -0.15) is 15.3 Å². The van der Waals surface area contributed by atoms with Gasteiger partial charge in [-0.1, -0.05) is 0 Å². The zero-order chi connectivity index (χ0) is 21.1. The Morgan fingerprint density at radius 3 is 2.34 bits per heavy atom. The maximum Gasteiger partial charge on any atom is 0.305 e. The number of carboxylic acid groups (broad SMARTS) is 1. The topological polar surface area (TPSA) is 149 Å². The van der Waals surface area contributed by atoms with Crippen molar-refractivity contribution >= 4 is 29.2 Å². The highest BCUT2D eigenvalue weighted by atomic mass is 16.4. The molecular formula is C17H20N8O4. The van der Waals surface area contributed by atoms with E-state index in [9.17, 15) is 14.4 Å². The molecule has 3 aromatic heterocycles. The van der Waals surface area contributed by atoms with Gasteiger partial charge in [0.25, 0.3) is 11.8 Å². The molecule has 0 aliphatic carbocycles. The van der Waals surface area contributed by atoms with E-state index in [0.29, 0.717) is 5.69 Å². The largest absolute Gasteiger partial charge is 0.481 e. The molecule has 29 heavy (non-hydrogen) atoms. The lowest BCUT2D eigenvalue weighted by Crippen LogP contribution is -2.20. The number of carboxylic acids is 1. The molecule has 0 saturated carbocycles. The lowest BCUT2D eigenvalue weighted by atomic mass is 10.3. The van der Waals surface area contributed by atoms with Crippen LogP contribution in [-0.2, 0) is 25.4 Å². The second-order valence-corrected chi connectivity index (χ2v) is 6.31. The highest BCUT2D eigenvalue weighted by Gasteiger charge is 2.21. The predicted octanol–water partition coefficient (Wildman–Crippen LogP) is 0.638. The van der Waals surface area contributed by atoms with E-state index < -0.39 is 17.8 Å². The normalized spacial score (nSPS) is 10.7. The van der Waals surface area contributed by atoms with Crippen LogP contribution in [0.15, 0.2) is 24.7 Å². The molecule has 12 heteroatoms. The third kappa shape index (κ3) is 4.31. The number of nitrogens with zero attached hydrogens (tertiary/aromatic N) is 6. The molecule has 0 aromatic carbocycles. The van der Waals surface area contributed by atoms with Crippen molar-refractivity contribution in [3.63, 3.8) is 0 Å². The van der Waals surface area contributed by atoms with Crippen LogP contribution in [0.4, 0.5) is 11.4 Å². The molecule has 0 unspecified atom stereocenters. The highest BCUT2D eigenvalue weighted by molar-refractivity contribution is 6.11. The summed E-state index contributed by atoms with van der Waals surface area (Å²) >= 11 is 0. The third-order valence-corrected chi connectivity index (χ3v) is 4.31. The number of aliphatic carboxylic acids is 1. The first kappa shape index (κ1) is 19.8. The number of rotatable bonds is 7. The molecule has 3 rings (SSSR count). The van der Waals surface area contributed by atoms with E-state index in [0.717, 1.165) is 5.69 Å². The summed E-state index contributed by atoms with van der Waals surface area (Å²) < 4.78 is 4.34. The van der Waals surface area contributed by atoms with E-state index in [1.807, 2.05) is 6.92 Å². The molecule has 0 aliphatic rings. The van der Waals surface area contributed by atoms with Crippen LogP contribution >= 0.6 is 0 Å². The molecular weight excluding hydrogens is 380 g/mol. The smallest absolute Gasteiger partial charge is 0.305 e. The quantitative estimate of drug-likeness (QED) is 0.527. The Bertz CT molecular complexity index is 1080. The molecule has 3 N–H and O–H groups in total. The van der Waals surface area contributed by atoms with Crippen molar-refractivity contribution in [2.24, 2.45) is 14.1 Å².